The summed E-state index contributed by atoms with van der Waals surface area (Å²) in [5.41, 5.74) is 5.17. The van der Waals surface area contributed by atoms with Crippen molar-refractivity contribution >= 4 is 21.9 Å². The second-order valence-electron chi connectivity index (χ2n) is 5.09. The van der Waals surface area contributed by atoms with Crippen molar-refractivity contribution in [2.24, 2.45) is 5.73 Å². The van der Waals surface area contributed by atoms with Crippen LogP contribution >= 0.6 is 0 Å². The van der Waals surface area contributed by atoms with Gasteiger partial charge in [-0.25, -0.2) is 13.2 Å². The van der Waals surface area contributed by atoms with Gasteiger partial charge in [0.15, 0.2) is 6.10 Å². The predicted molar refractivity (Wildman–Crippen MR) is 78.5 cm³/mol. The van der Waals surface area contributed by atoms with Crippen molar-refractivity contribution in [1.82, 2.24) is 4.31 Å². The average Bonchev–Trinajstić information content (AvgIpc) is 3.02. The topological polar surface area (TPSA) is 107 Å². The number of nitrogens with zero attached hydrogens (tertiary/aromatic N) is 1. The van der Waals surface area contributed by atoms with Crippen LogP contribution in [0, 0.1) is 0 Å². The van der Waals surface area contributed by atoms with Gasteiger partial charge < -0.3 is 10.5 Å². The summed E-state index contributed by atoms with van der Waals surface area (Å²) < 4.78 is 30.9. The van der Waals surface area contributed by atoms with Crippen molar-refractivity contribution < 1.29 is 22.7 Å². The largest absolute Gasteiger partial charge is 0.449 e. The minimum Gasteiger partial charge on any atom is -0.449 e. The molecule has 1 aliphatic heterocycles. The molecule has 0 unspecified atom stereocenters. The van der Waals surface area contributed by atoms with Crippen LogP contribution in [0.2, 0.25) is 0 Å². The van der Waals surface area contributed by atoms with E-state index in [2.05, 4.69) is 0 Å². The molecule has 1 aliphatic rings. The first kappa shape index (κ1) is 16.4. The van der Waals surface area contributed by atoms with Crippen LogP contribution in [0.4, 0.5) is 0 Å². The van der Waals surface area contributed by atoms with E-state index in [4.69, 9.17) is 10.5 Å². The second kappa shape index (κ2) is 6.45. The molecule has 1 fully saturated rings. The maximum absolute atomic E-state index is 12.3. The molecule has 0 saturated carbocycles. The predicted octanol–water partition coefficient (Wildman–Crippen LogP) is 0.502. The Balaban J connectivity index is 2.13. The third-order valence-corrected chi connectivity index (χ3v) is 5.39. The highest BCUT2D eigenvalue weighted by atomic mass is 32.2. The van der Waals surface area contributed by atoms with Crippen molar-refractivity contribution in [3.8, 4) is 0 Å². The van der Waals surface area contributed by atoms with E-state index in [1.54, 1.807) is 0 Å². The minimum absolute atomic E-state index is 0.133. The number of primary amides is 1. The molecule has 1 aromatic rings. The Labute approximate surface area is 129 Å². The van der Waals surface area contributed by atoms with Gasteiger partial charge in [-0.2, -0.15) is 4.31 Å². The van der Waals surface area contributed by atoms with Gasteiger partial charge in [-0.05, 0) is 44.0 Å². The van der Waals surface area contributed by atoms with Gasteiger partial charge in [0.1, 0.15) is 0 Å². The zero-order valence-corrected chi connectivity index (χ0v) is 13.0. The molecular formula is C14H18N2O5S. The van der Waals surface area contributed by atoms with Gasteiger partial charge in [0, 0.05) is 13.1 Å². The van der Waals surface area contributed by atoms with Gasteiger partial charge in [-0.15, -0.1) is 0 Å². The molecule has 0 spiro atoms. The van der Waals surface area contributed by atoms with Crippen LogP contribution in [0.5, 0.6) is 0 Å². The Morgan fingerprint density at radius 2 is 1.73 bits per heavy atom. The Morgan fingerprint density at radius 3 is 2.23 bits per heavy atom. The number of hydrogen-bond donors (Lipinski definition) is 1. The number of sulfonamides is 1. The highest BCUT2D eigenvalue weighted by molar-refractivity contribution is 7.89. The molecular weight excluding hydrogens is 308 g/mol. The van der Waals surface area contributed by atoms with E-state index < -0.39 is 28.0 Å². The molecule has 22 heavy (non-hydrogen) atoms. The summed E-state index contributed by atoms with van der Waals surface area (Å²) in [5.74, 6) is -1.47. The number of nitrogens with two attached hydrogens (primary N) is 1. The standard InChI is InChI=1S/C14H18N2O5S/c1-10(13(15)17)21-14(18)11-4-6-12(7-5-11)22(19,20)16-8-2-3-9-16/h4-7,10H,2-3,8-9H2,1H3,(H2,15,17)/t10-/m1/s1. The molecule has 120 valence electrons. The van der Waals surface area contributed by atoms with Crippen LogP contribution in [0.15, 0.2) is 29.2 Å². The summed E-state index contributed by atoms with van der Waals surface area (Å²) in [6, 6.07) is 5.44. The van der Waals surface area contributed by atoms with Gasteiger partial charge in [0.05, 0.1) is 10.5 Å². The molecule has 0 bridgehead atoms. The summed E-state index contributed by atoms with van der Waals surface area (Å²) in [5, 5.41) is 0. The van der Waals surface area contributed by atoms with E-state index >= 15 is 0 Å². The molecule has 1 saturated heterocycles. The van der Waals surface area contributed by atoms with E-state index in [9.17, 15) is 18.0 Å². The van der Waals surface area contributed by atoms with Gasteiger partial charge in [-0.3, -0.25) is 4.79 Å². The van der Waals surface area contributed by atoms with E-state index in [0.717, 1.165) is 12.8 Å². The minimum atomic E-state index is -3.51. The summed E-state index contributed by atoms with van der Waals surface area (Å²) in [6.07, 6.45) is 0.670. The zero-order chi connectivity index (χ0) is 16.3. The van der Waals surface area contributed by atoms with Crippen molar-refractivity contribution in [3.05, 3.63) is 29.8 Å². The van der Waals surface area contributed by atoms with Gasteiger partial charge in [0.2, 0.25) is 10.0 Å². The number of carbonyl (C=O) groups excluding carboxylic acids is 2. The van der Waals surface area contributed by atoms with Crippen LogP contribution < -0.4 is 5.73 Å². The van der Waals surface area contributed by atoms with Crippen LogP contribution in [-0.2, 0) is 19.6 Å². The first-order valence-electron chi connectivity index (χ1n) is 6.93. The van der Waals surface area contributed by atoms with Gasteiger partial charge in [0.25, 0.3) is 5.91 Å². The Hall–Kier alpha value is -1.93. The Kier molecular flexibility index (Phi) is 4.82. The normalized spacial score (nSPS) is 17.1. The quantitative estimate of drug-likeness (QED) is 0.793. The van der Waals surface area contributed by atoms with E-state index in [1.165, 1.54) is 35.5 Å². The lowest BCUT2D eigenvalue weighted by Crippen LogP contribution is -2.30. The van der Waals surface area contributed by atoms with Crippen molar-refractivity contribution in [2.45, 2.75) is 30.8 Å². The fourth-order valence-corrected chi connectivity index (χ4v) is 3.64. The average molecular weight is 326 g/mol. The molecule has 1 amide bonds. The monoisotopic (exact) mass is 326 g/mol. The highest BCUT2D eigenvalue weighted by Gasteiger charge is 2.27. The number of rotatable bonds is 5. The molecule has 1 heterocycles. The molecule has 0 aromatic heterocycles. The highest BCUT2D eigenvalue weighted by Crippen LogP contribution is 2.21. The summed E-state index contributed by atoms with van der Waals surface area (Å²) >= 11 is 0. The smallest absolute Gasteiger partial charge is 0.338 e. The SMILES string of the molecule is C[C@@H](OC(=O)c1ccc(S(=O)(=O)N2CCCC2)cc1)C(N)=O. The lowest BCUT2D eigenvalue weighted by Gasteiger charge is -2.15. The molecule has 2 rings (SSSR count). The molecule has 0 aliphatic carbocycles. The van der Waals surface area contributed by atoms with Gasteiger partial charge >= 0.3 is 5.97 Å². The number of carbonyl (C=O) groups is 2. The fourth-order valence-electron chi connectivity index (χ4n) is 2.13. The molecule has 1 aromatic carbocycles. The van der Waals surface area contributed by atoms with Crippen molar-refractivity contribution in [2.75, 3.05) is 13.1 Å². The first-order chi connectivity index (χ1) is 10.3. The molecule has 1 atom stereocenters. The maximum Gasteiger partial charge on any atom is 0.338 e. The Morgan fingerprint density at radius 1 is 1.18 bits per heavy atom. The number of hydrogen-bond acceptors (Lipinski definition) is 5. The zero-order valence-electron chi connectivity index (χ0n) is 12.2. The number of benzene rings is 1. The van der Waals surface area contributed by atoms with Crippen LogP contribution in [0.25, 0.3) is 0 Å². The molecule has 2 N–H and O–H groups in total. The van der Waals surface area contributed by atoms with E-state index in [0.29, 0.717) is 13.1 Å². The summed E-state index contributed by atoms with van der Waals surface area (Å²) in [7, 11) is -3.51. The summed E-state index contributed by atoms with van der Waals surface area (Å²) in [6.45, 7) is 2.40. The van der Waals surface area contributed by atoms with Crippen molar-refractivity contribution in [1.29, 1.82) is 0 Å². The number of ether oxygens (including phenoxy) is 1. The number of esters is 1. The maximum atomic E-state index is 12.3. The first-order valence-corrected chi connectivity index (χ1v) is 8.37. The fraction of sp³-hybridized carbons (Fsp3) is 0.429. The van der Waals surface area contributed by atoms with E-state index in [-0.39, 0.29) is 10.5 Å². The lowest BCUT2D eigenvalue weighted by atomic mass is 10.2. The number of amides is 1. The molecule has 8 heteroatoms. The van der Waals surface area contributed by atoms with Crippen LogP contribution in [0.3, 0.4) is 0 Å². The van der Waals surface area contributed by atoms with Crippen LogP contribution in [-0.4, -0.2) is 43.8 Å². The molecule has 7 nitrogen and oxygen atoms in total. The van der Waals surface area contributed by atoms with Crippen molar-refractivity contribution in [3.63, 3.8) is 0 Å². The summed E-state index contributed by atoms with van der Waals surface area (Å²) in [4.78, 5) is 22.8. The van der Waals surface area contributed by atoms with E-state index in [1.807, 2.05) is 0 Å². The third-order valence-electron chi connectivity index (χ3n) is 3.48. The lowest BCUT2D eigenvalue weighted by molar-refractivity contribution is -0.125. The Bertz CT molecular complexity index is 663. The second-order valence-corrected chi connectivity index (χ2v) is 7.02. The molecule has 0 radical (unpaired) electrons. The third kappa shape index (κ3) is 3.45. The van der Waals surface area contributed by atoms with Crippen LogP contribution in [0.1, 0.15) is 30.1 Å². The van der Waals surface area contributed by atoms with Gasteiger partial charge in [-0.1, -0.05) is 0 Å².